The molecule has 0 radical (unpaired) electrons. The predicted octanol–water partition coefficient (Wildman–Crippen LogP) is 5.63. The molecule has 4 heteroatoms. The number of hydrogen-bond acceptors (Lipinski definition) is 3. The van der Waals surface area contributed by atoms with Crippen LogP contribution >= 0.6 is 0 Å². The highest BCUT2D eigenvalue weighted by Gasteiger charge is 2.38. The van der Waals surface area contributed by atoms with Gasteiger partial charge < -0.3 is 9.47 Å². The molecule has 5 rings (SSSR count). The number of morpholine rings is 1. The van der Waals surface area contributed by atoms with E-state index >= 15 is 0 Å². The Bertz CT molecular complexity index is 1080. The topological polar surface area (TPSA) is 38.8 Å². The Kier molecular flexibility index (Phi) is 6.04. The summed E-state index contributed by atoms with van der Waals surface area (Å²) in [5, 5.41) is 0. The number of rotatable bonds is 5. The van der Waals surface area contributed by atoms with E-state index in [-0.39, 0.29) is 18.2 Å². The zero-order valence-electron chi connectivity index (χ0n) is 18.0. The standard InChI is InChI=1S/C28H27NO3/c30-28(32-18-22-7-3-1-4-8-22)29-26-16-23(17-27(29)20-31-19-26)15-21-11-13-25(14-12-21)24-9-5-2-6-10-24/h1-14,16,26-27H,15,17-20H2. The molecule has 0 saturated carbocycles. The lowest BCUT2D eigenvalue weighted by atomic mass is 9.90. The van der Waals surface area contributed by atoms with E-state index in [1.807, 2.05) is 41.3 Å². The van der Waals surface area contributed by atoms with Gasteiger partial charge in [-0.3, -0.25) is 4.90 Å². The molecule has 1 fully saturated rings. The first-order valence-corrected chi connectivity index (χ1v) is 11.2. The third-order valence-corrected chi connectivity index (χ3v) is 6.18. The van der Waals surface area contributed by atoms with E-state index in [4.69, 9.17) is 9.47 Å². The minimum Gasteiger partial charge on any atom is -0.445 e. The monoisotopic (exact) mass is 425 g/mol. The van der Waals surface area contributed by atoms with Crippen LogP contribution in [-0.2, 0) is 22.5 Å². The van der Waals surface area contributed by atoms with Crippen LogP contribution in [0.4, 0.5) is 4.79 Å². The van der Waals surface area contributed by atoms with Crippen molar-refractivity contribution in [1.82, 2.24) is 4.90 Å². The maximum absolute atomic E-state index is 12.8. The zero-order chi connectivity index (χ0) is 21.8. The van der Waals surface area contributed by atoms with E-state index < -0.39 is 0 Å². The van der Waals surface area contributed by atoms with Crippen molar-refractivity contribution in [2.45, 2.75) is 31.5 Å². The summed E-state index contributed by atoms with van der Waals surface area (Å²) in [4.78, 5) is 14.7. The van der Waals surface area contributed by atoms with Crippen molar-refractivity contribution >= 4 is 6.09 Å². The van der Waals surface area contributed by atoms with E-state index in [1.165, 1.54) is 22.3 Å². The van der Waals surface area contributed by atoms with Crippen LogP contribution in [0.3, 0.4) is 0 Å². The summed E-state index contributed by atoms with van der Waals surface area (Å²) in [6.07, 6.45) is 3.66. The highest BCUT2D eigenvalue weighted by atomic mass is 16.6. The third kappa shape index (κ3) is 4.61. The molecule has 2 aliphatic heterocycles. The smallest absolute Gasteiger partial charge is 0.411 e. The lowest BCUT2D eigenvalue weighted by Crippen LogP contribution is -2.56. The third-order valence-electron chi connectivity index (χ3n) is 6.18. The number of benzene rings is 3. The summed E-state index contributed by atoms with van der Waals surface area (Å²) < 4.78 is 11.4. The summed E-state index contributed by atoms with van der Waals surface area (Å²) in [5.41, 5.74) is 6.10. The van der Waals surface area contributed by atoms with Crippen molar-refractivity contribution in [3.8, 4) is 11.1 Å². The molecule has 3 aromatic carbocycles. The molecular weight excluding hydrogens is 398 g/mol. The van der Waals surface area contributed by atoms with Crippen molar-refractivity contribution < 1.29 is 14.3 Å². The molecule has 0 aromatic heterocycles. The minimum atomic E-state index is -0.255. The van der Waals surface area contributed by atoms with E-state index in [0.29, 0.717) is 19.8 Å². The first-order chi connectivity index (χ1) is 15.8. The van der Waals surface area contributed by atoms with Crippen molar-refractivity contribution in [3.63, 3.8) is 0 Å². The Labute approximate surface area is 189 Å². The van der Waals surface area contributed by atoms with Gasteiger partial charge in [-0.2, -0.15) is 0 Å². The van der Waals surface area contributed by atoms with Crippen molar-refractivity contribution in [2.75, 3.05) is 13.2 Å². The fourth-order valence-corrected chi connectivity index (χ4v) is 4.60. The van der Waals surface area contributed by atoms with Gasteiger partial charge in [-0.05, 0) is 35.1 Å². The van der Waals surface area contributed by atoms with Crippen LogP contribution in [0.2, 0.25) is 0 Å². The lowest BCUT2D eigenvalue weighted by molar-refractivity contribution is -0.0374. The second kappa shape index (κ2) is 9.41. The molecule has 2 aliphatic rings. The predicted molar refractivity (Wildman–Crippen MR) is 125 cm³/mol. The van der Waals surface area contributed by atoms with Crippen LogP contribution < -0.4 is 0 Å². The fraction of sp³-hybridized carbons (Fsp3) is 0.250. The van der Waals surface area contributed by atoms with E-state index in [1.54, 1.807) is 0 Å². The van der Waals surface area contributed by atoms with Gasteiger partial charge in [0.05, 0.1) is 25.3 Å². The van der Waals surface area contributed by atoms with Crippen LogP contribution in [0, 0.1) is 0 Å². The number of carbonyl (C=O) groups is 1. The normalized spacial score (nSPS) is 19.9. The van der Waals surface area contributed by atoms with Gasteiger partial charge in [0.1, 0.15) is 6.61 Å². The summed E-state index contributed by atoms with van der Waals surface area (Å²) >= 11 is 0. The Morgan fingerprint density at radius 3 is 2.25 bits per heavy atom. The van der Waals surface area contributed by atoms with Gasteiger partial charge in [0.15, 0.2) is 0 Å². The van der Waals surface area contributed by atoms with Crippen LogP contribution in [0.5, 0.6) is 0 Å². The second-order valence-electron chi connectivity index (χ2n) is 8.47. The van der Waals surface area contributed by atoms with Crippen molar-refractivity contribution in [2.24, 2.45) is 0 Å². The number of amides is 1. The molecule has 2 heterocycles. The Morgan fingerprint density at radius 2 is 1.53 bits per heavy atom. The van der Waals surface area contributed by atoms with Crippen LogP contribution in [-0.4, -0.2) is 36.3 Å². The Hall–Kier alpha value is -3.37. The van der Waals surface area contributed by atoms with Crippen LogP contribution in [0.25, 0.3) is 11.1 Å². The molecule has 3 aromatic rings. The second-order valence-corrected chi connectivity index (χ2v) is 8.47. The molecule has 0 spiro atoms. The van der Waals surface area contributed by atoms with E-state index in [2.05, 4.69) is 54.6 Å². The molecule has 32 heavy (non-hydrogen) atoms. The van der Waals surface area contributed by atoms with Gasteiger partial charge in [0.2, 0.25) is 0 Å². The molecule has 2 bridgehead atoms. The van der Waals surface area contributed by atoms with Gasteiger partial charge in [0, 0.05) is 0 Å². The maximum Gasteiger partial charge on any atom is 0.411 e. The summed E-state index contributed by atoms with van der Waals surface area (Å²) in [5.74, 6) is 0. The first-order valence-electron chi connectivity index (χ1n) is 11.2. The Balaban J connectivity index is 1.25. The fourth-order valence-electron chi connectivity index (χ4n) is 4.60. The number of hydrogen-bond donors (Lipinski definition) is 0. The molecule has 2 atom stereocenters. The SMILES string of the molecule is O=C(OCc1ccccc1)N1C2C=C(Cc3ccc(-c4ccccc4)cc3)CC1COC2. The largest absolute Gasteiger partial charge is 0.445 e. The molecule has 2 unspecified atom stereocenters. The quantitative estimate of drug-likeness (QED) is 0.497. The molecule has 4 nitrogen and oxygen atoms in total. The first kappa shape index (κ1) is 20.5. The molecule has 0 aliphatic carbocycles. The molecule has 0 N–H and O–H groups in total. The number of ether oxygens (including phenoxy) is 2. The number of carbonyl (C=O) groups excluding carboxylic acids is 1. The average molecular weight is 426 g/mol. The number of nitrogens with zero attached hydrogens (tertiary/aromatic N) is 1. The number of fused-ring (bicyclic) bond motifs is 2. The van der Waals surface area contributed by atoms with Gasteiger partial charge in [-0.25, -0.2) is 4.79 Å². The van der Waals surface area contributed by atoms with E-state index in [0.717, 1.165) is 18.4 Å². The summed E-state index contributed by atoms with van der Waals surface area (Å²) in [6.45, 7) is 1.37. The van der Waals surface area contributed by atoms with Gasteiger partial charge in [-0.15, -0.1) is 0 Å². The van der Waals surface area contributed by atoms with Gasteiger partial charge >= 0.3 is 6.09 Å². The van der Waals surface area contributed by atoms with Crippen molar-refractivity contribution in [1.29, 1.82) is 0 Å². The van der Waals surface area contributed by atoms with Crippen molar-refractivity contribution in [3.05, 3.63) is 108 Å². The zero-order valence-corrected chi connectivity index (χ0v) is 18.0. The average Bonchev–Trinajstić information content (AvgIpc) is 2.84. The summed E-state index contributed by atoms with van der Waals surface area (Å²) in [6, 6.07) is 29.0. The van der Waals surface area contributed by atoms with Crippen LogP contribution in [0.15, 0.2) is 96.6 Å². The highest BCUT2D eigenvalue weighted by molar-refractivity contribution is 5.69. The van der Waals surface area contributed by atoms with Crippen LogP contribution in [0.1, 0.15) is 17.5 Å². The molecule has 1 saturated heterocycles. The highest BCUT2D eigenvalue weighted by Crippen LogP contribution is 2.30. The molecular formula is C28H27NO3. The van der Waals surface area contributed by atoms with E-state index in [9.17, 15) is 4.79 Å². The maximum atomic E-state index is 12.8. The summed E-state index contributed by atoms with van der Waals surface area (Å²) in [7, 11) is 0. The van der Waals surface area contributed by atoms with Gasteiger partial charge in [0.25, 0.3) is 0 Å². The minimum absolute atomic E-state index is 0.0283. The van der Waals surface area contributed by atoms with Gasteiger partial charge in [-0.1, -0.05) is 96.6 Å². The molecule has 1 amide bonds. The lowest BCUT2D eigenvalue weighted by Gasteiger charge is -2.43. The Morgan fingerprint density at radius 1 is 0.844 bits per heavy atom. The molecule has 162 valence electrons.